The number of aromatic amines is 1. The minimum absolute atomic E-state index is 0.186. The van der Waals surface area contributed by atoms with E-state index in [2.05, 4.69) is 15.5 Å². The van der Waals surface area contributed by atoms with Gasteiger partial charge in [-0.25, -0.2) is 17.6 Å². The maximum Gasteiger partial charge on any atom is 0.255 e. The summed E-state index contributed by atoms with van der Waals surface area (Å²) >= 11 is 0. The number of amides is 1. The topological polar surface area (TPSA) is 57.8 Å². The number of nitrogens with zero attached hydrogens (tertiary/aromatic N) is 1. The molecule has 26 heavy (non-hydrogen) atoms. The van der Waals surface area contributed by atoms with Crippen LogP contribution in [0.2, 0.25) is 0 Å². The van der Waals surface area contributed by atoms with Gasteiger partial charge in [-0.2, -0.15) is 5.10 Å². The van der Waals surface area contributed by atoms with E-state index in [0.717, 1.165) is 24.3 Å². The molecular weight excluding hydrogens is 350 g/mol. The van der Waals surface area contributed by atoms with E-state index in [1.807, 2.05) is 0 Å². The number of anilines is 1. The molecule has 0 atom stereocenters. The Hall–Kier alpha value is -3.16. The molecule has 0 aliphatic rings. The summed E-state index contributed by atoms with van der Waals surface area (Å²) in [4.78, 5) is 12.4. The van der Waals surface area contributed by atoms with Gasteiger partial charge < -0.3 is 5.32 Å². The minimum atomic E-state index is -1.06. The molecule has 0 fully saturated rings. The van der Waals surface area contributed by atoms with Crippen molar-refractivity contribution in [1.29, 1.82) is 0 Å². The second-order valence-corrected chi connectivity index (χ2v) is 5.52. The van der Waals surface area contributed by atoms with Crippen molar-refractivity contribution >= 4 is 11.6 Å². The van der Waals surface area contributed by atoms with Crippen molar-refractivity contribution in [2.45, 2.75) is 13.3 Å². The van der Waals surface area contributed by atoms with Crippen LogP contribution in [0.3, 0.4) is 0 Å². The van der Waals surface area contributed by atoms with Gasteiger partial charge >= 0.3 is 0 Å². The van der Waals surface area contributed by atoms with Crippen molar-refractivity contribution in [1.82, 2.24) is 10.2 Å². The van der Waals surface area contributed by atoms with Crippen LogP contribution in [0, 0.1) is 23.3 Å². The summed E-state index contributed by atoms with van der Waals surface area (Å²) in [5, 5.41) is 9.27. The molecule has 134 valence electrons. The fourth-order valence-electron chi connectivity index (χ4n) is 2.49. The maximum atomic E-state index is 13.5. The number of benzene rings is 2. The second kappa shape index (κ2) is 6.99. The van der Waals surface area contributed by atoms with Crippen LogP contribution in [-0.2, 0) is 6.42 Å². The predicted octanol–water partition coefficient (Wildman–Crippen LogP) is 4.45. The van der Waals surface area contributed by atoms with Gasteiger partial charge in [0.2, 0.25) is 0 Å². The number of carbonyl (C=O) groups is 1. The van der Waals surface area contributed by atoms with Crippen LogP contribution in [0.15, 0.2) is 36.4 Å². The number of hydrogen-bond acceptors (Lipinski definition) is 2. The predicted molar refractivity (Wildman–Crippen MR) is 87.6 cm³/mol. The fraction of sp³-hybridized carbons (Fsp3) is 0.111. The minimum Gasteiger partial charge on any atom is -0.319 e. The third kappa shape index (κ3) is 3.44. The highest BCUT2D eigenvalue weighted by atomic mass is 19.2. The molecular formula is C18H13F4N3O. The Morgan fingerprint density at radius 3 is 2.35 bits per heavy atom. The molecule has 0 bridgehead atoms. The third-order valence-corrected chi connectivity index (χ3v) is 3.75. The van der Waals surface area contributed by atoms with Gasteiger partial charge in [-0.05, 0) is 36.8 Å². The highest BCUT2D eigenvalue weighted by Gasteiger charge is 2.19. The summed E-state index contributed by atoms with van der Waals surface area (Å²) < 4.78 is 53.3. The molecule has 4 nitrogen and oxygen atoms in total. The molecule has 0 saturated carbocycles. The molecule has 1 amide bonds. The number of halogens is 4. The van der Waals surface area contributed by atoms with E-state index in [9.17, 15) is 22.4 Å². The maximum absolute atomic E-state index is 13.5. The Labute approximate surface area is 145 Å². The van der Waals surface area contributed by atoms with Crippen molar-refractivity contribution in [2.75, 3.05) is 5.32 Å². The Morgan fingerprint density at radius 2 is 1.73 bits per heavy atom. The van der Waals surface area contributed by atoms with Crippen molar-refractivity contribution < 1.29 is 22.4 Å². The molecule has 1 heterocycles. The van der Waals surface area contributed by atoms with Gasteiger partial charge in [0.05, 0.1) is 11.4 Å². The van der Waals surface area contributed by atoms with E-state index in [4.69, 9.17) is 0 Å². The van der Waals surface area contributed by atoms with Crippen LogP contribution < -0.4 is 5.32 Å². The quantitative estimate of drug-likeness (QED) is 0.673. The first-order chi connectivity index (χ1) is 12.4. The molecule has 0 saturated heterocycles. The molecule has 2 N–H and O–H groups in total. The molecule has 0 spiro atoms. The number of hydrogen-bond donors (Lipinski definition) is 2. The second-order valence-electron chi connectivity index (χ2n) is 5.52. The van der Waals surface area contributed by atoms with Crippen molar-refractivity contribution in [2.24, 2.45) is 0 Å². The van der Waals surface area contributed by atoms with E-state index in [0.29, 0.717) is 18.2 Å². The van der Waals surface area contributed by atoms with Crippen molar-refractivity contribution in [3.63, 3.8) is 0 Å². The normalized spacial score (nSPS) is 10.8. The van der Waals surface area contributed by atoms with E-state index in [1.54, 1.807) is 6.92 Å². The molecule has 0 unspecified atom stereocenters. The first-order valence-corrected chi connectivity index (χ1v) is 7.69. The molecule has 3 aromatic rings. The number of nitrogens with one attached hydrogen (secondary N) is 2. The summed E-state index contributed by atoms with van der Waals surface area (Å²) in [5.74, 6) is -4.62. The van der Waals surface area contributed by atoms with Gasteiger partial charge in [0.25, 0.3) is 5.91 Å². The van der Waals surface area contributed by atoms with Crippen molar-refractivity contribution in [3.8, 4) is 11.3 Å². The van der Waals surface area contributed by atoms with Gasteiger partial charge in [-0.15, -0.1) is 0 Å². The third-order valence-electron chi connectivity index (χ3n) is 3.75. The number of aromatic nitrogens is 2. The van der Waals surface area contributed by atoms with Crippen LogP contribution in [0.1, 0.15) is 23.0 Å². The highest BCUT2D eigenvalue weighted by molar-refractivity contribution is 6.06. The van der Waals surface area contributed by atoms with Crippen molar-refractivity contribution in [3.05, 3.63) is 70.9 Å². The van der Waals surface area contributed by atoms with Gasteiger partial charge in [0.1, 0.15) is 17.3 Å². The van der Waals surface area contributed by atoms with E-state index < -0.39 is 29.2 Å². The summed E-state index contributed by atoms with van der Waals surface area (Å²) in [6, 6.07) is 5.63. The largest absolute Gasteiger partial charge is 0.319 e. The first kappa shape index (κ1) is 17.7. The lowest BCUT2D eigenvalue weighted by Crippen LogP contribution is -2.14. The van der Waals surface area contributed by atoms with Crippen LogP contribution in [-0.4, -0.2) is 16.1 Å². The monoisotopic (exact) mass is 363 g/mol. The van der Waals surface area contributed by atoms with Crippen LogP contribution in [0.4, 0.5) is 23.2 Å². The molecule has 0 aliphatic heterocycles. The van der Waals surface area contributed by atoms with Gasteiger partial charge in [0.15, 0.2) is 11.6 Å². The van der Waals surface area contributed by atoms with E-state index in [-0.39, 0.29) is 22.5 Å². The standard InChI is InChI=1S/C18H13F4N3O/c1-2-15-17(23-18(26)10-5-11(19)8-12(20)6-10)16(25-24-15)9-3-4-13(21)14(22)7-9/h3-8H,2H2,1H3,(H,23,26)(H,24,25). The first-order valence-electron chi connectivity index (χ1n) is 7.69. The molecule has 1 aromatic heterocycles. The number of carbonyl (C=O) groups excluding carboxylic acids is 1. The SMILES string of the molecule is CCc1[nH]nc(-c2ccc(F)c(F)c2)c1NC(=O)c1cc(F)cc(F)c1. The molecule has 0 radical (unpaired) electrons. The molecule has 3 rings (SSSR count). The summed E-state index contributed by atoms with van der Waals surface area (Å²) in [6.45, 7) is 1.79. The van der Waals surface area contributed by atoms with Crippen LogP contribution in [0.5, 0.6) is 0 Å². The average molecular weight is 363 g/mol. The highest BCUT2D eigenvalue weighted by Crippen LogP contribution is 2.30. The van der Waals surface area contributed by atoms with E-state index >= 15 is 0 Å². The van der Waals surface area contributed by atoms with Crippen LogP contribution >= 0.6 is 0 Å². The Balaban J connectivity index is 2.00. The zero-order valence-corrected chi connectivity index (χ0v) is 13.5. The number of H-pyrrole nitrogens is 1. The Kier molecular flexibility index (Phi) is 4.75. The molecule has 2 aromatic carbocycles. The summed E-state index contributed by atoms with van der Waals surface area (Å²) in [6.07, 6.45) is 0.448. The average Bonchev–Trinajstić information content (AvgIpc) is 2.99. The lowest BCUT2D eigenvalue weighted by Gasteiger charge is -2.09. The lowest BCUT2D eigenvalue weighted by atomic mass is 10.1. The van der Waals surface area contributed by atoms with Gasteiger partial charge in [-0.3, -0.25) is 9.89 Å². The fourth-order valence-corrected chi connectivity index (χ4v) is 2.49. The molecule has 8 heteroatoms. The smallest absolute Gasteiger partial charge is 0.255 e. The zero-order chi connectivity index (χ0) is 18.8. The Morgan fingerprint density at radius 1 is 1.04 bits per heavy atom. The molecule has 0 aliphatic carbocycles. The van der Waals surface area contributed by atoms with Crippen LogP contribution in [0.25, 0.3) is 11.3 Å². The summed E-state index contributed by atoms with van der Waals surface area (Å²) in [7, 11) is 0. The number of rotatable bonds is 4. The van der Waals surface area contributed by atoms with Gasteiger partial charge in [-0.1, -0.05) is 6.92 Å². The lowest BCUT2D eigenvalue weighted by molar-refractivity contribution is 0.102. The number of aryl methyl sites for hydroxylation is 1. The van der Waals surface area contributed by atoms with E-state index in [1.165, 1.54) is 6.07 Å². The van der Waals surface area contributed by atoms with Gasteiger partial charge in [0, 0.05) is 17.2 Å². The zero-order valence-electron chi connectivity index (χ0n) is 13.5. The Bertz CT molecular complexity index is 964. The summed E-state index contributed by atoms with van der Waals surface area (Å²) in [5.41, 5.74) is 0.955.